The van der Waals surface area contributed by atoms with Crippen LogP contribution < -0.4 is 10.1 Å². The topological polar surface area (TPSA) is 56.2 Å². The zero-order valence-electron chi connectivity index (χ0n) is 15.5. The number of aryl methyl sites for hydroxylation is 2. The van der Waals surface area contributed by atoms with Gasteiger partial charge in [-0.15, -0.1) is 0 Å². The third-order valence-electron chi connectivity index (χ3n) is 3.96. The summed E-state index contributed by atoms with van der Waals surface area (Å²) in [7, 11) is 0. The first-order valence-corrected chi connectivity index (χ1v) is 8.94. The molecule has 3 aromatic rings. The van der Waals surface area contributed by atoms with E-state index in [1.165, 1.54) is 18.2 Å². The van der Waals surface area contributed by atoms with Gasteiger partial charge < -0.3 is 10.1 Å². The molecule has 1 aromatic heterocycles. The number of halogens is 4. The van der Waals surface area contributed by atoms with Gasteiger partial charge in [0.15, 0.2) is 6.61 Å². The Hall–Kier alpha value is -3.00. The number of ether oxygens (including phenoxy) is 1. The lowest BCUT2D eigenvalue weighted by atomic mass is 10.2. The van der Waals surface area contributed by atoms with Crippen LogP contribution in [0.2, 0.25) is 5.02 Å². The molecule has 0 saturated heterocycles. The summed E-state index contributed by atoms with van der Waals surface area (Å²) in [4.78, 5) is 12.5. The Labute approximate surface area is 170 Å². The van der Waals surface area contributed by atoms with Gasteiger partial charge in [-0.2, -0.15) is 18.3 Å². The smallest absolute Gasteiger partial charge is 0.422 e. The second-order valence-corrected chi connectivity index (χ2v) is 6.82. The molecule has 0 aliphatic rings. The summed E-state index contributed by atoms with van der Waals surface area (Å²) in [6.45, 7) is 2.33. The molecule has 1 N–H and O–H groups in total. The van der Waals surface area contributed by atoms with E-state index in [1.807, 2.05) is 19.9 Å². The number of carbonyl (C=O) groups is 1. The molecule has 0 spiro atoms. The van der Waals surface area contributed by atoms with Crippen molar-refractivity contribution in [2.75, 3.05) is 11.9 Å². The molecule has 0 aliphatic heterocycles. The van der Waals surface area contributed by atoms with E-state index in [9.17, 15) is 18.0 Å². The number of anilines is 1. The predicted octanol–water partition coefficient (Wildman–Crippen LogP) is 5.34. The minimum Gasteiger partial charge on any atom is -0.482 e. The molecular weight excluding hydrogens is 407 g/mol. The Morgan fingerprint density at radius 3 is 2.41 bits per heavy atom. The quantitative estimate of drug-likeness (QED) is 0.603. The Bertz CT molecular complexity index is 1030. The normalized spacial score (nSPS) is 11.4. The van der Waals surface area contributed by atoms with Crippen LogP contribution in [-0.4, -0.2) is 28.5 Å². The van der Waals surface area contributed by atoms with Crippen molar-refractivity contribution in [1.82, 2.24) is 9.78 Å². The third-order valence-corrected chi connectivity index (χ3v) is 4.20. The van der Waals surface area contributed by atoms with Crippen molar-refractivity contribution in [3.05, 3.63) is 70.5 Å². The molecule has 0 fully saturated rings. The van der Waals surface area contributed by atoms with E-state index < -0.39 is 18.7 Å². The maximum atomic E-state index is 12.5. The van der Waals surface area contributed by atoms with Gasteiger partial charge in [0, 0.05) is 16.3 Å². The number of benzene rings is 2. The average molecular weight is 424 g/mol. The summed E-state index contributed by atoms with van der Waals surface area (Å²) >= 11 is 5.90. The minimum atomic E-state index is -4.50. The van der Waals surface area contributed by atoms with Crippen molar-refractivity contribution in [1.29, 1.82) is 0 Å². The van der Waals surface area contributed by atoms with Crippen LogP contribution in [0.15, 0.2) is 48.5 Å². The number of nitrogens with one attached hydrogen (secondary N) is 1. The minimum absolute atomic E-state index is 0.0503. The molecule has 0 saturated carbocycles. The lowest BCUT2D eigenvalue weighted by Crippen LogP contribution is -2.20. The summed E-state index contributed by atoms with van der Waals surface area (Å²) in [5, 5.41) is 7.17. The molecule has 152 valence electrons. The van der Waals surface area contributed by atoms with E-state index in [-0.39, 0.29) is 16.5 Å². The Morgan fingerprint density at radius 2 is 1.83 bits per heavy atom. The van der Waals surface area contributed by atoms with Gasteiger partial charge in [-0.1, -0.05) is 11.6 Å². The van der Waals surface area contributed by atoms with Crippen molar-refractivity contribution < 1.29 is 22.7 Å². The standard InChI is InChI=1S/C20H17ClF3N3O2/c1-12-9-13(2)27(26-12)16-6-3-14(4-7-16)19(28)25-17-10-15(21)5-8-18(17)29-11-20(22,23)24/h3-10H,11H2,1-2H3,(H,25,28). The molecular formula is C20H17ClF3N3O2. The molecule has 0 radical (unpaired) electrons. The Kier molecular flexibility index (Phi) is 5.83. The van der Waals surface area contributed by atoms with Crippen LogP contribution in [0.1, 0.15) is 21.7 Å². The second kappa shape index (κ2) is 8.16. The molecule has 29 heavy (non-hydrogen) atoms. The Balaban J connectivity index is 1.78. The average Bonchev–Trinajstić information content (AvgIpc) is 2.98. The molecule has 0 aliphatic carbocycles. The predicted molar refractivity (Wildman–Crippen MR) is 104 cm³/mol. The van der Waals surface area contributed by atoms with E-state index in [0.717, 1.165) is 17.1 Å². The number of rotatable bonds is 5. The van der Waals surface area contributed by atoms with Gasteiger partial charge >= 0.3 is 6.18 Å². The highest BCUT2D eigenvalue weighted by molar-refractivity contribution is 6.31. The summed E-state index contributed by atoms with van der Waals surface area (Å²) < 4.78 is 43.8. The van der Waals surface area contributed by atoms with Crippen LogP contribution >= 0.6 is 11.6 Å². The first kappa shape index (κ1) is 20.7. The fourth-order valence-electron chi connectivity index (χ4n) is 2.72. The van der Waals surface area contributed by atoms with Crippen LogP contribution in [-0.2, 0) is 0 Å². The summed E-state index contributed by atoms with van der Waals surface area (Å²) in [6.07, 6.45) is -4.50. The largest absolute Gasteiger partial charge is 0.482 e. The van der Waals surface area contributed by atoms with E-state index in [1.54, 1.807) is 28.9 Å². The van der Waals surface area contributed by atoms with Gasteiger partial charge in [-0.25, -0.2) is 4.68 Å². The SMILES string of the molecule is Cc1cc(C)n(-c2ccc(C(=O)Nc3cc(Cl)ccc3OCC(F)(F)F)cc2)n1. The molecule has 5 nitrogen and oxygen atoms in total. The fourth-order valence-corrected chi connectivity index (χ4v) is 2.90. The highest BCUT2D eigenvalue weighted by atomic mass is 35.5. The number of nitrogens with zero attached hydrogens (tertiary/aromatic N) is 2. The Morgan fingerprint density at radius 1 is 1.14 bits per heavy atom. The first-order chi connectivity index (χ1) is 13.6. The molecule has 9 heteroatoms. The number of carbonyl (C=O) groups excluding carboxylic acids is 1. The molecule has 1 amide bonds. The van der Waals surface area contributed by atoms with Gasteiger partial charge in [0.25, 0.3) is 5.91 Å². The van der Waals surface area contributed by atoms with E-state index >= 15 is 0 Å². The highest BCUT2D eigenvalue weighted by Gasteiger charge is 2.29. The lowest BCUT2D eigenvalue weighted by molar-refractivity contribution is -0.153. The third kappa shape index (κ3) is 5.29. The molecule has 1 heterocycles. The van der Waals surface area contributed by atoms with E-state index in [2.05, 4.69) is 10.4 Å². The van der Waals surface area contributed by atoms with Gasteiger partial charge in [-0.3, -0.25) is 4.79 Å². The molecule has 0 bridgehead atoms. The highest BCUT2D eigenvalue weighted by Crippen LogP contribution is 2.30. The maximum Gasteiger partial charge on any atom is 0.422 e. The zero-order valence-corrected chi connectivity index (χ0v) is 16.3. The summed E-state index contributed by atoms with van der Waals surface area (Å²) in [5.74, 6) is -0.636. The molecule has 0 atom stereocenters. The van der Waals surface area contributed by atoms with Crippen molar-refractivity contribution in [3.8, 4) is 11.4 Å². The summed E-state index contributed by atoms with van der Waals surface area (Å²) in [6, 6.07) is 12.6. The number of hydrogen-bond acceptors (Lipinski definition) is 3. The maximum absolute atomic E-state index is 12.5. The van der Waals surface area contributed by atoms with E-state index in [4.69, 9.17) is 16.3 Å². The second-order valence-electron chi connectivity index (χ2n) is 6.38. The first-order valence-electron chi connectivity index (χ1n) is 8.56. The van der Waals surface area contributed by atoms with Crippen molar-refractivity contribution in [2.45, 2.75) is 20.0 Å². The number of alkyl halides is 3. The van der Waals surface area contributed by atoms with Gasteiger partial charge in [0.05, 0.1) is 17.1 Å². The van der Waals surface area contributed by atoms with Crippen LogP contribution in [0, 0.1) is 13.8 Å². The molecule has 0 unspecified atom stereocenters. The van der Waals surface area contributed by atoms with Crippen LogP contribution in [0.4, 0.5) is 18.9 Å². The van der Waals surface area contributed by atoms with Crippen LogP contribution in [0.25, 0.3) is 5.69 Å². The van der Waals surface area contributed by atoms with Crippen molar-refractivity contribution in [2.24, 2.45) is 0 Å². The van der Waals surface area contributed by atoms with Crippen molar-refractivity contribution >= 4 is 23.2 Å². The van der Waals surface area contributed by atoms with Gasteiger partial charge in [-0.05, 0) is 62.4 Å². The van der Waals surface area contributed by atoms with Crippen molar-refractivity contribution in [3.63, 3.8) is 0 Å². The van der Waals surface area contributed by atoms with E-state index in [0.29, 0.717) is 5.56 Å². The van der Waals surface area contributed by atoms with Crippen LogP contribution in [0.3, 0.4) is 0 Å². The summed E-state index contributed by atoms with van der Waals surface area (Å²) in [5.41, 5.74) is 2.97. The lowest BCUT2D eigenvalue weighted by Gasteiger charge is -2.14. The fraction of sp³-hybridized carbons (Fsp3) is 0.200. The molecule has 2 aromatic carbocycles. The van der Waals surface area contributed by atoms with Gasteiger partial charge in [0.2, 0.25) is 0 Å². The zero-order chi connectivity index (χ0) is 21.2. The number of hydrogen-bond donors (Lipinski definition) is 1. The van der Waals surface area contributed by atoms with Gasteiger partial charge in [0.1, 0.15) is 5.75 Å². The number of amides is 1. The molecule has 3 rings (SSSR count). The van der Waals surface area contributed by atoms with Crippen LogP contribution in [0.5, 0.6) is 5.75 Å². The monoisotopic (exact) mass is 423 g/mol. The number of aromatic nitrogens is 2.